The Morgan fingerprint density at radius 2 is 1.96 bits per heavy atom. The number of carbonyl (C=O) groups is 2. The van der Waals surface area contributed by atoms with Crippen LogP contribution in [0.3, 0.4) is 0 Å². The third-order valence-corrected chi connectivity index (χ3v) is 4.68. The second-order valence-corrected chi connectivity index (χ2v) is 6.87. The Morgan fingerprint density at radius 3 is 2.52 bits per heavy atom. The molecule has 0 aliphatic rings. The van der Waals surface area contributed by atoms with Crippen molar-refractivity contribution in [2.75, 3.05) is 26.4 Å². The van der Waals surface area contributed by atoms with Crippen molar-refractivity contribution in [1.29, 1.82) is 0 Å². The summed E-state index contributed by atoms with van der Waals surface area (Å²) < 4.78 is 2.10. The molecule has 142 valence electrons. The van der Waals surface area contributed by atoms with Gasteiger partial charge in [0, 0.05) is 13.1 Å². The molecule has 0 aliphatic heterocycles. The summed E-state index contributed by atoms with van der Waals surface area (Å²) in [6, 6.07) is -0.289. The standard InChI is InChI=1S/C16H30N6O2S/c1-6-9-10-22-14(12(7-2)21(4)5)19-20-16(22)25-11-13(23)18-15(24)17-8-3/h12H,6-11H2,1-5H3,(H2,17,18,23,24)/t12-/m0/s1. The Hall–Kier alpha value is -1.61. The van der Waals surface area contributed by atoms with Gasteiger partial charge in [-0.25, -0.2) is 4.79 Å². The molecular formula is C16H30N6O2S. The monoisotopic (exact) mass is 370 g/mol. The molecule has 1 aromatic heterocycles. The van der Waals surface area contributed by atoms with Crippen molar-refractivity contribution in [3.63, 3.8) is 0 Å². The fourth-order valence-corrected chi connectivity index (χ4v) is 3.23. The maximum atomic E-state index is 11.9. The Balaban J connectivity index is 2.83. The van der Waals surface area contributed by atoms with E-state index in [-0.39, 0.29) is 17.7 Å². The van der Waals surface area contributed by atoms with Gasteiger partial charge in [-0.05, 0) is 33.9 Å². The molecule has 0 aromatic carbocycles. The maximum absolute atomic E-state index is 11.9. The maximum Gasteiger partial charge on any atom is 0.321 e. The molecule has 0 saturated heterocycles. The summed E-state index contributed by atoms with van der Waals surface area (Å²) in [6.07, 6.45) is 3.02. The minimum absolute atomic E-state index is 0.125. The van der Waals surface area contributed by atoms with Gasteiger partial charge in [-0.1, -0.05) is 32.0 Å². The normalized spacial score (nSPS) is 12.2. The number of rotatable bonds is 10. The molecule has 1 rings (SSSR count). The highest BCUT2D eigenvalue weighted by atomic mass is 32.2. The van der Waals surface area contributed by atoms with E-state index in [4.69, 9.17) is 0 Å². The molecule has 0 saturated carbocycles. The highest BCUT2D eigenvalue weighted by Crippen LogP contribution is 2.25. The summed E-state index contributed by atoms with van der Waals surface area (Å²) >= 11 is 1.30. The van der Waals surface area contributed by atoms with Gasteiger partial charge in [0.1, 0.15) is 0 Å². The molecule has 1 aromatic rings. The Kier molecular flexibility index (Phi) is 9.51. The first-order valence-electron chi connectivity index (χ1n) is 8.74. The van der Waals surface area contributed by atoms with Crippen LogP contribution in [-0.2, 0) is 11.3 Å². The van der Waals surface area contributed by atoms with E-state index in [0.29, 0.717) is 6.54 Å². The van der Waals surface area contributed by atoms with Crippen LogP contribution in [0.4, 0.5) is 4.79 Å². The molecule has 25 heavy (non-hydrogen) atoms. The van der Waals surface area contributed by atoms with Crippen molar-refractivity contribution in [1.82, 2.24) is 30.3 Å². The number of aromatic nitrogens is 3. The minimum atomic E-state index is -0.472. The van der Waals surface area contributed by atoms with E-state index < -0.39 is 6.03 Å². The molecule has 9 heteroatoms. The summed E-state index contributed by atoms with van der Waals surface area (Å²) in [7, 11) is 4.05. The average Bonchev–Trinajstić information content (AvgIpc) is 2.94. The zero-order chi connectivity index (χ0) is 18.8. The van der Waals surface area contributed by atoms with E-state index in [0.717, 1.165) is 36.8 Å². The molecule has 0 bridgehead atoms. The fraction of sp³-hybridized carbons (Fsp3) is 0.750. The first-order valence-corrected chi connectivity index (χ1v) is 9.73. The van der Waals surface area contributed by atoms with E-state index in [1.807, 2.05) is 14.1 Å². The zero-order valence-electron chi connectivity index (χ0n) is 15.8. The van der Waals surface area contributed by atoms with Crippen molar-refractivity contribution >= 4 is 23.7 Å². The lowest BCUT2D eigenvalue weighted by atomic mass is 10.2. The van der Waals surface area contributed by atoms with Crippen molar-refractivity contribution in [3.8, 4) is 0 Å². The van der Waals surface area contributed by atoms with Gasteiger partial charge in [-0.15, -0.1) is 10.2 Å². The quantitative estimate of drug-likeness (QED) is 0.612. The van der Waals surface area contributed by atoms with Crippen LogP contribution in [0.1, 0.15) is 51.9 Å². The SMILES string of the molecule is CCCCn1c(SCC(=O)NC(=O)NCC)nnc1[C@H](CC)N(C)C. The summed E-state index contributed by atoms with van der Waals surface area (Å²) in [4.78, 5) is 25.4. The van der Waals surface area contributed by atoms with Gasteiger partial charge in [0.2, 0.25) is 5.91 Å². The smallest absolute Gasteiger partial charge is 0.321 e. The molecule has 8 nitrogen and oxygen atoms in total. The lowest BCUT2D eigenvalue weighted by Crippen LogP contribution is -2.40. The number of thioether (sulfide) groups is 1. The zero-order valence-corrected chi connectivity index (χ0v) is 16.7. The number of nitrogens with one attached hydrogen (secondary N) is 2. The van der Waals surface area contributed by atoms with Gasteiger partial charge in [0.25, 0.3) is 0 Å². The lowest BCUT2D eigenvalue weighted by Gasteiger charge is -2.23. The molecule has 0 fully saturated rings. The minimum Gasteiger partial charge on any atom is -0.338 e. The summed E-state index contributed by atoms with van der Waals surface area (Å²) in [5.41, 5.74) is 0. The Labute approximate surface area is 154 Å². The largest absolute Gasteiger partial charge is 0.338 e. The summed E-state index contributed by atoms with van der Waals surface area (Å²) in [5, 5.41) is 14.2. The molecule has 3 amide bonds. The van der Waals surface area contributed by atoms with Crippen LogP contribution >= 0.6 is 11.8 Å². The van der Waals surface area contributed by atoms with Gasteiger partial charge < -0.3 is 9.88 Å². The molecule has 0 spiro atoms. The molecule has 0 unspecified atom stereocenters. The van der Waals surface area contributed by atoms with E-state index in [2.05, 4.69) is 44.1 Å². The van der Waals surface area contributed by atoms with Crippen LogP contribution in [0.15, 0.2) is 5.16 Å². The predicted octanol–water partition coefficient (Wildman–Crippen LogP) is 2.03. The van der Waals surface area contributed by atoms with Crippen LogP contribution in [0.25, 0.3) is 0 Å². The van der Waals surface area contributed by atoms with Gasteiger partial charge in [0.05, 0.1) is 11.8 Å². The third-order valence-electron chi connectivity index (χ3n) is 3.71. The Morgan fingerprint density at radius 1 is 1.24 bits per heavy atom. The molecule has 0 aliphatic carbocycles. The first-order chi connectivity index (χ1) is 11.9. The van der Waals surface area contributed by atoms with E-state index in [9.17, 15) is 9.59 Å². The molecule has 0 radical (unpaired) electrons. The van der Waals surface area contributed by atoms with Crippen LogP contribution in [-0.4, -0.2) is 58.0 Å². The second-order valence-electron chi connectivity index (χ2n) is 5.93. The highest BCUT2D eigenvalue weighted by Gasteiger charge is 2.22. The van der Waals surface area contributed by atoms with Gasteiger partial charge in [-0.2, -0.15) is 0 Å². The van der Waals surface area contributed by atoms with Crippen molar-refractivity contribution in [2.24, 2.45) is 0 Å². The highest BCUT2D eigenvalue weighted by molar-refractivity contribution is 7.99. The summed E-state index contributed by atoms with van der Waals surface area (Å²) in [5.74, 6) is 0.704. The third kappa shape index (κ3) is 6.66. The summed E-state index contributed by atoms with van der Waals surface area (Å²) in [6.45, 7) is 7.36. The van der Waals surface area contributed by atoms with E-state index in [1.54, 1.807) is 6.92 Å². The molecular weight excluding hydrogens is 340 g/mol. The van der Waals surface area contributed by atoms with Gasteiger partial charge >= 0.3 is 6.03 Å². The fourth-order valence-electron chi connectivity index (χ4n) is 2.46. The van der Waals surface area contributed by atoms with Gasteiger partial charge in [-0.3, -0.25) is 15.0 Å². The second kappa shape index (κ2) is 11.1. The molecule has 2 N–H and O–H groups in total. The first kappa shape index (κ1) is 21.4. The predicted molar refractivity (Wildman–Crippen MR) is 99.6 cm³/mol. The number of amides is 3. The average molecular weight is 371 g/mol. The van der Waals surface area contributed by atoms with Crippen LogP contribution in [0, 0.1) is 0 Å². The Bertz CT molecular complexity index is 561. The number of unbranched alkanes of at least 4 members (excludes halogenated alkanes) is 1. The molecule has 1 heterocycles. The van der Waals surface area contributed by atoms with Gasteiger partial charge in [0.15, 0.2) is 11.0 Å². The number of hydrogen-bond acceptors (Lipinski definition) is 6. The van der Waals surface area contributed by atoms with Crippen molar-refractivity contribution < 1.29 is 9.59 Å². The number of nitrogens with zero attached hydrogens (tertiary/aromatic N) is 4. The van der Waals surface area contributed by atoms with Crippen molar-refractivity contribution in [3.05, 3.63) is 5.82 Å². The number of urea groups is 1. The van der Waals surface area contributed by atoms with E-state index in [1.165, 1.54) is 11.8 Å². The van der Waals surface area contributed by atoms with Crippen LogP contribution in [0.5, 0.6) is 0 Å². The topological polar surface area (TPSA) is 92.2 Å². The van der Waals surface area contributed by atoms with Crippen LogP contribution in [0.2, 0.25) is 0 Å². The van der Waals surface area contributed by atoms with Crippen molar-refractivity contribution in [2.45, 2.75) is 57.8 Å². The number of imide groups is 1. The number of carbonyl (C=O) groups excluding carboxylic acids is 2. The van der Waals surface area contributed by atoms with Crippen LogP contribution < -0.4 is 10.6 Å². The molecule has 1 atom stereocenters. The number of hydrogen-bond donors (Lipinski definition) is 2. The van der Waals surface area contributed by atoms with E-state index >= 15 is 0 Å². The lowest BCUT2D eigenvalue weighted by molar-refractivity contribution is -0.117.